The quantitative estimate of drug-likeness (QED) is 0.863. The molecule has 124 valence electrons. The van der Waals surface area contributed by atoms with Gasteiger partial charge in [0.05, 0.1) is 22.5 Å². The topological polar surface area (TPSA) is 75.6 Å². The Kier molecular flexibility index (Phi) is 4.29. The smallest absolute Gasteiger partial charge is 0.311 e. The normalized spacial score (nSPS) is 25.1. The van der Waals surface area contributed by atoms with Crippen LogP contribution in [-0.4, -0.2) is 30.1 Å². The molecule has 1 heterocycles. The van der Waals surface area contributed by atoms with Crippen LogP contribution >= 0.6 is 11.6 Å². The van der Waals surface area contributed by atoms with E-state index in [2.05, 4.69) is 5.32 Å². The molecule has 0 unspecified atom stereocenters. The third kappa shape index (κ3) is 3.19. The predicted octanol–water partition coefficient (Wildman–Crippen LogP) is 2.54. The number of carbonyl (C=O) groups is 2. The molecule has 2 aliphatic rings. The summed E-state index contributed by atoms with van der Waals surface area (Å²) in [5, 5.41) is 11.9. The van der Waals surface area contributed by atoms with Crippen molar-refractivity contribution in [1.29, 1.82) is 0 Å². The molecule has 0 spiro atoms. The summed E-state index contributed by atoms with van der Waals surface area (Å²) in [6.07, 6.45) is 1.13. The van der Waals surface area contributed by atoms with E-state index in [1.165, 1.54) is 12.1 Å². The number of carboxylic acids is 1. The van der Waals surface area contributed by atoms with Crippen molar-refractivity contribution in [2.45, 2.75) is 25.4 Å². The number of nitrogens with one attached hydrogen (secondary N) is 1. The lowest BCUT2D eigenvalue weighted by atomic mass is 9.94. The van der Waals surface area contributed by atoms with E-state index in [1.54, 1.807) is 6.07 Å². The maximum atomic E-state index is 13.6. The highest BCUT2D eigenvalue weighted by Gasteiger charge is 2.50. The van der Waals surface area contributed by atoms with E-state index in [-0.39, 0.29) is 17.5 Å². The summed E-state index contributed by atoms with van der Waals surface area (Å²) in [6.45, 7) is 0.524. The van der Waals surface area contributed by atoms with Gasteiger partial charge >= 0.3 is 5.97 Å². The highest BCUT2D eigenvalue weighted by molar-refractivity contribution is 6.30. The van der Waals surface area contributed by atoms with Crippen LogP contribution in [0.2, 0.25) is 5.02 Å². The molecule has 1 amide bonds. The molecule has 1 aromatic carbocycles. The predicted molar refractivity (Wildman–Crippen MR) is 80.5 cm³/mol. The van der Waals surface area contributed by atoms with Crippen LogP contribution in [-0.2, 0) is 14.3 Å². The Labute approximate surface area is 137 Å². The molecule has 1 aliphatic carbocycles. The Bertz CT molecular complexity index is 647. The molecule has 2 N–H and O–H groups in total. The van der Waals surface area contributed by atoms with Gasteiger partial charge in [-0.25, -0.2) is 4.39 Å². The molecular formula is C16H17ClFNO4. The first-order valence-corrected chi connectivity index (χ1v) is 7.88. The zero-order valence-corrected chi connectivity index (χ0v) is 13.1. The molecule has 1 saturated carbocycles. The van der Waals surface area contributed by atoms with Crippen molar-refractivity contribution < 1.29 is 23.8 Å². The number of carboxylic acid groups (broad SMARTS) is 1. The van der Waals surface area contributed by atoms with Crippen molar-refractivity contribution in [3.63, 3.8) is 0 Å². The number of rotatable bonds is 5. The van der Waals surface area contributed by atoms with Gasteiger partial charge in [-0.3, -0.25) is 9.59 Å². The monoisotopic (exact) mass is 341 g/mol. The minimum absolute atomic E-state index is 0.0184. The molecule has 2 fully saturated rings. The minimum Gasteiger partial charge on any atom is -0.481 e. The molecule has 23 heavy (non-hydrogen) atoms. The molecule has 1 aliphatic heterocycles. The zero-order chi connectivity index (χ0) is 16.6. The fourth-order valence-corrected chi connectivity index (χ4v) is 3.00. The van der Waals surface area contributed by atoms with E-state index in [0.29, 0.717) is 31.4 Å². The zero-order valence-electron chi connectivity index (χ0n) is 12.4. The van der Waals surface area contributed by atoms with E-state index < -0.39 is 29.2 Å². The van der Waals surface area contributed by atoms with Crippen LogP contribution in [0.1, 0.15) is 30.9 Å². The number of benzene rings is 1. The second-order valence-corrected chi connectivity index (χ2v) is 6.57. The van der Waals surface area contributed by atoms with Gasteiger partial charge in [0.2, 0.25) is 5.91 Å². The van der Waals surface area contributed by atoms with E-state index in [0.717, 1.165) is 0 Å². The number of ether oxygens (including phenoxy) is 1. The summed E-state index contributed by atoms with van der Waals surface area (Å²) in [5.41, 5.74) is -0.249. The van der Waals surface area contributed by atoms with Crippen molar-refractivity contribution in [1.82, 2.24) is 5.32 Å². The van der Waals surface area contributed by atoms with Gasteiger partial charge in [0.25, 0.3) is 0 Å². The number of hydrogen-bond acceptors (Lipinski definition) is 3. The molecule has 0 radical (unpaired) electrons. The Balaban J connectivity index is 1.67. The summed E-state index contributed by atoms with van der Waals surface area (Å²) in [4.78, 5) is 23.5. The van der Waals surface area contributed by atoms with Gasteiger partial charge in [0.15, 0.2) is 0 Å². The Morgan fingerprint density at radius 2 is 2.17 bits per heavy atom. The lowest BCUT2D eigenvalue weighted by Crippen LogP contribution is -2.38. The summed E-state index contributed by atoms with van der Waals surface area (Å²) in [6, 6.07) is 4.35. The lowest BCUT2D eigenvalue weighted by molar-refractivity contribution is -0.143. The molecule has 3 rings (SSSR count). The first-order chi connectivity index (χ1) is 10.9. The van der Waals surface area contributed by atoms with Crippen molar-refractivity contribution in [2.24, 2.45) is 11.3 Å². The maximum absolute atomic E-state index is 13.6. The molecule has 0 aromatic heterocycles. The third-order valence-electron chi connectivity index (χ3n) is 4.61. The van der Waals surface area contributed by atoms with Crippen LogP contribution in [0.5, 0.6) is 0 Å². The van der Waals surface area contributed by atoms with Gasteiger partial charge in [0.1, 0.15) is 5.82 Å². The number of carbonyl (C=O) groups excluding carboxylic acids is 1. The number of amides is 1. The molecule has 7 heteroatoms. The van der Waals surface area contributed by atoms with Gasteiger partial charge in [-0.2, -0.15) is 0 Å². The SMILES string of the molecule is O=C(NCC1(C(=O)O)CC1)[C@@H]1CCO[C@H]1c1ccc(Cl)c(F)c1. The molecule has 5 nitrogen and oxygen atoms in total. The van der Waals surface area contributed by atoms with Crippen molar-refractivity contribution in [3.05, 3.63) is 34.6 Å². The molecule has 2 atom stereocenters. The maximum Gasteiger partial charge on any atom is 0.311 e. The average molecular weight is 342 g/mol. The summed E-state index contributed by atoms with van der Waals surface area (Å²) in [7, 11) is 0. The third-order valence-corrected chi connectivity index (χ3v) is 4.92. The van der Waals surface area contributed by atoms with Gasteiger partial charge in [-0.15, -0.1) is 0 Å². The van der Waals surface area contributed by atoms with Crippen molar-refractivity contribution in [2.75, 3.05) is 13.2 Å². The van der Waals surface area contributed by atoms with E-state index in [4.69, 9.17) is 21.4 Å². The van der Waals surface area contributed by atoms with E-state index in [1.807, 2.05) is 0 Å². The van der Waals surface area contributed by atoms with Crippen LogP contribution in [0.15, 0.2) is 18.2 Å². The number of halogens is 2. The van der Waals surface area contributed by atoms with E-state index >= 15 is 0 Å². The van der Waals surface area contributed by atoms with Gasteiger partial charge < -0.3 is 15.2 Å². The molecule has 1 saturated heterocycles. The van der Waals surface area contributed by atoms with Gasteiger partial charge in [-0.1, -0.05) is 17.7 Å². The fraction of sp³-hybridized carbons (Fsp3) is 0.500. The number of hydrogen-bond donors (Lipinski definition) is 2. The second-order valence-electron chi connectivity index (χ2n) is 6.16. The van der Waals surface area contributed by atoms with Crippen LogP contribution in [0.4, 0.5) is 4.39 Å². The molecule has 1 aromatic rings. The highest BCUT2D eigenvalue weighted by atomic mass is 35.5. The van der Waals surface area contributed by atoms with Crippen molar-refractivity contribution >= 4 is 23.5 Å². The van der Waals surface area contributed by atoms with Crippen LogP contribution in [0.25, 0.3) is 0 Å². The highest BCUT2D eigenvalue weighted by Crippen LogP contribution is 2.45. The Morgan fingerprint density at radius 1 is 1.43 bits per heavy atom. The average Bonchev–Trinajstić information content (AvgIpc) is 3.16. The number of aliphatic carboxylic acids is 1. The van der Waals surface area contributed by atoms with Crippen LogP contribution in [0.3, 0.4) is 0 Å². The summed E-state index contributed by atoms with van der Waals surface area (Å²) in [5.74, 6) is -2.14. The van der Waals surface area contributed by atoms with Gasteiger partial charge in [0, 0.05) is 13.2 Å². The van der Waals surface area contributed by atoms with Crippen LogP contribution in [0, 0.1) is 17.2 Å². The van der Waals surface area contributed by atoms with Gasteiger partial charge in [-0.05, 0) is 37.0 Å². The van der Waals surface area contributed by atoms with Crippen molar-refractivity contribution in [3.8, 4) is 0 Å². The standard InChI is InChI=1S/C16H17ClFNO4/c17-11-2-1-9(7-12(11)18)13-10(3-6-23-13)14(20)19-8-16(4-5-16)15(21)22/h1-2,7,10,13H,3-6,8H2,(H,19,20)(H,21,22)/t10-,13+/m1/s1. The second kappa shape index (κ2) is 6.09. The Hall–Kier alpha value is -1.66. The van der Waals surface area contributed by atoms with Crippen LogP contribution < -0.4 is 5.32 Å². The summed E-state index contributed by atoms with van der Waals surface area (Å²) < 4.78 is 19.2. The Morgan fingerprint density at radius 3 is 2.78 bits per heavy atom. The summed E-state index contributed by atoms with van der Waals surface area (Å²) >= 11 is 5.67. The first kappa shape index (κ1) is 16.2. The first-order valence-electron chi connectivity index (χ1n) is 7.51. The molecule has 0 bridgehead atoms. The largest absolute Gasteiger partial charge is 0.481 e. The molecular weight excluding hydrogens is 325 g/mol. The minimum atomic E-state index is -0.878. The van der Waals surface area contributed by atoms with E-state index in [9.17, 15) is 14.0 Å². The lowest BCUT2D eigenvalue weighted by Gasteiger charge is -2.20. The fourth-order valence-electron chi connectivity index (χ4n) is 2.88.